The first-order valence-corrected chi connectivity index (χ1v) is 19.5. The lowest BCUT2D eigenvalue weighted by Gasteiger charge is -2.66. The molecule has 3 aliphatic carbocycles. The summed E-state index contributed by atoms with van der Waals surface area (Å²) in [6, 6.07) is 7.12. The Morgan fingerprint density at radius 3 is 2.28 bits per heavy atom. The monoisotopic (exact) mass is 795 g/mol. The highest BCUT2D eigenvalue weighted by molar-refractivity contribution is 5.89. The predicted molar refractivity (Wildman–Crippen MR) is 204 cm³/mol. The van der Waals surface area contributed by atoms with Gasteiger partial charge in [-0.2, -0.15) is 0 Å². The van der Waals surface area contributed by atoms with Crippen LogP contribution in [0, 0.1) is 16.7 Å². The first-order chi connectivity index (χ1) is 26.5. The highest BCUT2D eigenvalue weighted by Crippen LogP contribution is 2.64. The standard InChI is InChI=1S/C43H57NO13/c1-12-28-53-31-29-22(2)26(52-37(48)30(46)33(39(5,6)7)44-38(49)57-40(8,9)10)20-42(50,23(29)3)35(55-36(47)25-16-14-13-15-17-25)32-41(11,34(31)54-28)19-18-27-43(32,21-51-27)56-24(4)45/h12-17,26-28,30-35,46,50H,1,3,18-21H2,2,4-11H3,(H,44,49)/t26-,27+,28+,30+,31+,32-,33+,34+,35-,41+,42-,43-/m0/s1. The Morgan fingerprint density at radius 2 is 1.72 bits per heavy atom. The minimum Gasteiger partial charge on any atom is -0.456 e. The van der Waals surface area contributed by atoms with Crippen LogP contribution in [0.15, 0.2) is 66.3 Å². The minimum absolute atomic E-state index is 0.0479. The van der Waals surface area contributed by atoms with Gasteiger partial charge in [0.1, 0.15) is 35.6 Å². The summed E-state index contributed by atoms with van der Waals surface area (Å²) in [5, 5.41) is 27.6. The molecule has 0 unspecified atom stereocenters. The largest absolute Gasteiger partial charge is 0.456 e. The second-order valence-electron chi connectivity index (χ2n) is 18.3. The van der Waals surface area contributed by atoms with Crippen LogP contribution in [0.4, 0.5) is 4.79 Å². The van der Waals surface area contributed by atoms with E-state index in [1.54, 1.807) is 78.8 Å². The molecule has 2 saturated heterocycles. The van der Waals surface area contributed by atoms with E-state index in [1.165, 1.54) is 13.0 Å². The molecule has 57 heavy (non-hydrogen) atoms. The van der Waals surface area contributed by atoms with Crippen molar-refractivity contribution in [3.8, 4) is 0 Å². The number of ether oxygens (including phenoxy) is 7. The quantitative estimate of drug-likeness (QED) is 0.184. The molecule has 312 valence electrons. The highest BCUT2D eigenvalue weighted by Gasteiger charge is 2.75. The van der Waals surface area contributed by atoms with Gasteiger partial charge in [-0.25, -0.2) is 14.4 Å². The summed E-state index contributed by atoms with van der Waals surface area (Å²) in [5.74, 6) is -3.41. The Bertz CT molecular complexity index is 1830. The number of esters is 3. The first-order valence-electron chi connectivity index (χ1n) is 19.5. The zero-order chi connectivity index (χ0) is 42.0. The number of alkyl carbamates (subject to hydrolysis) is 1. The molecule has 12 atom stereocenters. The maximum Gasteiger partial charge on any atom is 0.407 e. The Hall–Kier alpha value is -4.08. The maximum absolute atomic E-state index is 14.2. The van der Waals surface area contributed by atoms with Crippen LogP contribution in [0.5, 0.6) is 0 Å². The lowest BCUT2D eigenvalue weighted by Crippen LogP contribution is -2.78. The van der Waals surface area contributed by atoms with Gasteiger partial charge in [-0.1, -0.05) is 59.1 Å². The van der Waals surface area contributed by atoms with E-state index in [-0.39, 0.29) is 24.2 Å². The number of nitrogens with one attached hydrogen (secondary N) is 1. The Labute approximate surface area is 333 Å². The number of aliphatic hydroxyl groups is 2. The van der Waals surface area contributed by atoms with E-state index in [4.69, 9.17) is 33.2 Å². The summed E-state index contributed by atoms with van der Waals surface area (Å²) < 4.78 is 43.4. The van der Waals surface area contributed by atoms with Crippen molar-refractivity contribution in [3.63, 3.8) is 0 Å². The number of benzene rings is 1. The van der Waals surface area contributed by atoms with Crippen LogP contribution >= 0.6 is 0 Å². The summed E-state index contributed by atoms with van der Waals surface area (Å²) in [4.78, 5) is 54.1. The van der Waals surface area contributed by atoms with Crippen LogP contribution in [-0.2, 0) is 42.7 Å². The maximum atomic E-state index is 14.2. The predicted octanol–water partition coefficient (Wildman–Crippen LogP) is 4.86. The number of aliphatic hydroxyl groups excluding tert-OH is 1. The van der Waals surface area contributed by atoms with Crippen molar-refractivity contribution in [3.05, 3.63) is 71.8 Å². The Kier molecular flexibility index (Phi) is 11.1. The summed E-state index contributed by atoms with van der Waals surface area (Å²) in [7, 11) is 0. The Balaban J connectivity index is 1.49. The zero-order valence-corrected chi connectivity index (χ0v) is 34.3. The molecule has 5 aliphatic rings. The number of fused-ring (bicyclic) bond motifs is 8. The molecule has 0 aromatic heterocycles. The van der Waals surface area contributed by atoms with Crippen LogP contribution in [-0.4, -0.2) is 107 Å². The number of hydrogen-bond donors (Lipinski definition) is 3. The van der Waals surface area contributed by atoms with Crippen LogP contribution in [0.3, 0.4) is 0 Å². The van der Waals surface area contributed by atoms with Crippen molar-refractivity contribution in [1.82, 2.24) is 5.32 Å². The number of rotatable bonds is 8. The molecule has 1 aromatic carbocycles. The van der Waals surface area contributed by atoms with Crippen molar-refractivity contribution in [2.75, 3.05) is 6.61 Å². The summed E-state index contributed by atoms with van der Waals surface area (Å²) in [6.07, 6.45) is -6.60. The van der Waals surface area contributed by atoms with E-state index in [9.17, 15) is 29.4 Å². The van der Waals surface area contributed by atoms with Crippen LogP contribution in [0.1, 0.15) is 91.9 Å². The number of carbonyl (C=O) groups excluding carboxylic acids is 4. The molecule has 14 heteroatoms. The van der Waals surface area contributed by atoms with E-state index in [1.807, 2.05) is 6.92 Å². The topological polar surface area (TPSA) is 185 Å². The van der Waals surface area contributed by atoms with Crippen LogP contribution in [0.25, 0.3) is 0 Å². The lowest BCUT2D eigenvalue weighted by molar-refractivity contribution is -0.337. The van der Waals surface area contributed by atoms with Gasteiger partial charge in [0, 0.05) is 18.8 Å². The fourth-order valence-electron chi connectivity index (χ4n) is 9.55. The summed E-state index contributed by atoms with van der Waals surface area (Å²) >= 11 is 0. The third kappa shape index (κ3) is 7.55. The minimum atomic E-state index is -2.18. The van der Waals surface area contributed by atoms with Gasteiger partial charge < -0.3 is 48.7 Å². The normalized spacial score (nSPS) is 35.7. The van der Waals surface area contributed by atoms with Gasteiger partial charge in [-0.05, 0) is 80.9 Å². The van der Waals surface area contributed by atoms with Gasteiger partial charge >= 0.3 is 24.0 Å². The van der Waals surface area contributed by atoms with Gasteiger partial charge in [0.25, 0.3) is 0 Å². The fourth-order valence-corrected chi connectivity index (χ4v) is 9.55. The first kappa shape index (κ1) is 42.5. The summed E-state index contributed by atoms with van der Waals surface area (Å²) in [6.45, 7) is 23.5. The molecular formula is C43H57NO13. The molecule has 2 bridgehead atoms. The average molecular weight is 796 g/mol. The molecule has 1 amide bonds. The molecule has 3 N–H and O–H groups in total. The molecule has 14 nitrogen and oxygen atoms in total. The van der Waals surface area contributed by atoms with E-state index in [2.05, 4.69) is 18.5 Å². The van der Waals surface area contributed by atoms with E-state index in [0.29, 0.717) is 24.0 Å². The zero-order valence-electron chi connectivity index (χ0n) is 34.3. The number of amides is 1. The number of hydrogen-bond acceptors (Lipinski definition) is 13. The highest BCUT2D eigenvalue weighted by atomic mass is 16.7. The van der Waals surface area contributed by atoms with Crippen molar-refractivity contribution < 1.29 is 62.5 Å². The molecule has 4 fully saturated rings. The van der Waals surface area contributed by atoms with Crippen LogP contribution in [0.2, 0.25) is 0 Å². The van der Waals surface area contributed by atoms with Crippen molar-refractivity contribution in [2.45, 2.75) is 147 Å². The lowest BCUT2D eigenvalue weighted by atomic mass is 9.48. The third-order valence-electron chi connectivity index (χ3n) is 12.2. The van der Waals surface area contributed by atoms with Gasteiger partial charge in [0.05, 0.1) is 30.2 Å². The van der Waals surface area contributed by atoms with Gasteiger partial charge in [0.2, 0.25) is 0 Å². The molecule has 1 aromatic rings. The molecule has 2 heterocycles. The number of carbonyl (C=O) groups is 4. The van der Waals surface area contributed by atoms with Crippen molar-refractivity contribution >= 4 is 24.0 Å². The second-order valence-corrected chi connectivity index (χ2v) is 18.3. The van der Waals surface area contributed by atoms with E-state index >= 15 is 0 Å². The molecular weight excluding hydrogens is 738 g/mol. The third-order valence-corrected chi connectivity index (χ3v) is 12.2. The van der Waals surface area contributed by atoms with Crippen LogP contribution < -0.4 is 5.32 Å². The van der Waals surface area contributed by atoms with Gasteiger partial charge in [-0.15, -0.1) is 0 Å². The van der Waals surface area contributed by atoms with E-state index in [0.717, 1.165) is 0 Å². The smallest absolute Gasteiger partial charge is 0.407 e. The average Bonchev–Trinajstić information content (AvgIpc) is 3.54. The molecule has 6 rings (SSSR count). The fraction of sp³-hybridized carbons (Fsp3) is 0.628. The van der Waals surface area contributed by atoms with E-state index < -0.39 is 107 Å². The molecule has 0 spiro atoms. The van der Waals surface area contributed by atoms with Gasteiger partial charge in [0.15, 0.2) is 18.0 Å². The molecule has 0 radical (unpaired) electrons. The molecule has 2 aliphatic heterocycles. The summed E-state index contributed by atoms with van der Waals surface area (Å²) in [5.41, 5.74) is -5.05. The SMILES string of the molecule is C=C[C@@H]1O[C@@H]2C3=C(C)[C@@H](OC(=O)[C@H](O)[C@@H](NC(=O)OC(C)(C)C)C(C)(C)C)C[C@](O)(C3=C)[C@@H](OC(=O)c3ccccc3)[C@H]3[C@@](C)(CC[C@H]4OC[C@]43OC(C)=O)[C@@H]2O1. The van der Waals surface area contributed by atoms with Crippen molar-refractivity contribution in [1.29, 1.82) is 0 Å². The van der Waals surface area contributed by atoms with Gasteiger partial charge in [-0.3, -0.25) is 4.79 Å². The molecule has 2 saturated carbocycles. The second kappa shape index (κ2) is 14.9. The van der Waals surface area contributed by atoms with Crippen molar-refractivity contribution in [2.24, 2.45) is 16.7 Å². The Morgan fingerprint density at radius 1 is 1.05 bits per heavy atom.